The van der Waals surface area contributed by atoms with Gasteiger partial charge in [0, 0.05) is 19.7 Å². The highest BCUT2D eigenvalue weighted by atomic mass is 16.5. The van der Waals surface area contributed by atoms with Crippen LogP contribution in [0, 0.1) is 11.8 Å². The summed E-state index contributed by atoms with van der Waals surface area (Å²) in [5.74, 6) is 5.35. The number of pyridine rings is 1. The summed E-state index contributed by atoms with van der Waals surface area (Å²) in [6.45, 7) is 4.13. The van der Waals surface area contributed by atoms with E-state index in [2.05, 4.69) is 22.1 Å². The molecule has 0 saturated heterocycles. The lowest BCUT2D eigenvalue weighted by molar-refractivity contribution is 0.0815. The van der Waals surface area contributed by atoms with Gasteiger partial charge in [-0.3, -0.25) is 4.79 Å². The van der Waals surface area contributed by atoms with Gasteiger partial charge in [0.1, 0.15) is 5.69 Å². The van der Waals surface area contributed by atoms with Crippen molar-refractivity contribution in [3.63, 3.8) is 0 Å². The normalized spacial score (nSPS) is 10.6. The average Bonchev–Trinajstić information content (AvgIpc) is 2.38. The number of aromatic nitrogens is 1. The van der Waals surface area contributed by atoms with E-state index in [1.54, 1.807) is 25.4 Å². The van der Waals surface area contributed by atoms with Crippen LogP contribution in [0.3, 0.4) is 0 Å². The zero-order valence-corrected chi connectivity index (χ0v) is 12.1. The molecule has 0 aromatic carbocycles. The Morgan fingerprint density at radius 2 is 2.30 bits per heavy atom. The lowest BCUT2D eigenvalue weighted by Gasteiger charge is -2.25. The van der Waals surface area contributed by atoms with Gasteiger partial charge in [-0.05, 0) is 26.0 Å². The molecule has 0 radical (unpaired) electrons. The molecule has 0 aliphatic rings. The minimum Gasteiger partial charge on any atom is -0.395 e. The first-order chi connectivity index (χ1) is 9.50. The highest BCUT2D eigenvalue weighted by Gasteiger charge is 2.22. The van der Waals surface area contributed by atoms with Crippen molar-refractivity contribution in [2.75, 3.05) is 20.3 Å². The minimum absolute atomic E-state index is 0.00430. The summed E-state index contributed by atoms with van der Waals surface area (Å²) in [5, 5.41) is 11.6. The van der Waals surface area contributed by atoms with E-state index in [-0.39, 0.29) is 18.2 Å². The third-order valence-electron chi connectivity index (χ3n) is 2.44. The van der Waals surface area contributed by atoms with Crippen molar-refractivity contribution in [2.45, 2.75) is 25.8 Å². The molecule has 0 spiro atoms. The minimum atomic E-state index is -0.487. The molecule has 1 aromatic rings. The fraction of sp³-hybridized carbons (Fsp3) is 0.467. The van der Waals surface area contributed by atoms with Crippen LogP contribution in [0.25, 0.3) is 0 Å². The Hall–Kier alpha value is -1.90. The van der Waals surface area contributed by atoms with E-state index in [0.717, 1.165) is 0 Å². The van der Waals surface area contributed by atoms with Crippen LogP contribution in [-0.2, 0) is 4.74 Å². The lowest BCUT2D eigenvalue weighted by atomic mass is 10.1. The Balaban J connectivity index is 2.91. The Morgan fingerprint density at radius 1 is 1.55 bits per heavy atom. The van der Waals surface area contributed by atoms with E-state index in [0.29, 0.717) is 18.6 Å². The van der Waals surface area contributed by atoms with Crippen LogP contribution < -0.4 is 5.32 Å². The molecule has 0 bridgehead atoms. The van der Waals surface area contributed by atoms with Crippen molar-refractivity contribution in [1.29, 1.82) is 0 Å². The molecular weight excluding hydrogens is 256 g/mol. The number of nitrogens with zero attached hydrogens (tertiary/aromatic N) is 1. The van der Waals surface area contributed by atoms with Gasteiger partial charge in [0.25, 0.3) is 5.91 Å². The topological polar surface area (TPSA) is 71.5 Å². The van der Waals surface area contributed by atoms with Crippen molar-refractivity contribution < 1.29 is 14.6 Å². The van der Waals surface area contributed by atoms with Gasteiger partial charge in [-0.15, -0.1) is 0 Å². The van der Waals surface area contributed by atoms with Gasteiger partial charge in [0.2, 0.25) is 0 Å². The number of methoxy groups -OCH3 is 1. The fourth-order valence-corrected chi connectivity index (χ4v) is 1.66. The number of rotatable bonds is 5. The largest absolute Gasteiger partial charge is 0.395 e. The fourth-order valence-electron chi connectivity index (χ4n) is 1.66. The number of amides is 1. The monoisotopic (exact) mass is 276 g/mol. The van der Waals surface area contributed by atoms with Gasteiger partial charge in [-0.25, -0.2) is 4.98 Å². The predicted octanol–water partition coefficient (Wildman–Crippen LogP) is 0.970. The Kier molecular flexibility index (Phi) is 6.16. The van der Waals surface area contributed by atoms with Crippen LogP contribution in [0.2, 0.25) is 0 Å². The zero-order valence-electron chi connectivity index (χ0n) is 12.1. The van der Waals surface area contributed by atoms with Crippen molar-refractivity contribution in [1.82, 2.24) is 10.3 Å². The highest BCUT2D eigenvalue weighted by Crippen LogP contribution is 2.08. The van der Waals surface area contributed by atoms with E-state index in [1.807, 2.05) is 13.8 Å². The average molecular weight is 276 g/mol. The van der Waals surface area contributed by atoms with E-state index >= 15 is 0 Å². The third kappa shape index (κ3) is 5.00. The lowest BCUT2D eigenvalue weighted by Crippen LogP contribution is -2.47. The first-order valence-electron chi connectivity index (χ1n) is 6.36. The Morgan fingerprint density at radius 3 is 2.95 bits per heavy atom. The van der Waals surface area contributed by atoms with Crippen molar-refractivity contribution in [3.8, 4) is 11.8 Å². The van der Waals surface area contributed by atoms with Crippen LogP contribution >= 0.6 is 0 Å². The summed E-state index contributed by atoms with van der Waals surface area (Å²) < 4.78 is 5.06. The molecule has 2 N–H and O–H groups in total. The second-order valence-electron chi connectivity index (χ2n) is 4.95. The molecular formula is C15H20N2O3. The maximum absolute atomic E-state index is 12.2. The molecule has 0 fully saturated rings. The van der Waals surface area contributed by atoms with Crippen LogP contribution in [0.15, 0.2) is 18.3 Å². The Bertz CT molecular complexity index is 515. The molecule has 108 valence electrons. The smallest absolute Gasteiger partial charge is 0.271 e. The SMILES string of the molecule is COCC(C)(C)NC(=O)c1ncccc1C#CCCO. The molecule has 0 aliphatic heterocycles. The van der Waals surface area contributed by atoms with Crippen molar-refractivity contribution in [2.24, 2.45) is 0 Å². The molecule has 5 heteroatoms. The zero-order chi connectivity index (χ0) is 15.0. The van der Waals surface area contributed by atoms with E-state index in [1.165, 1.54) is 0 Å². The Labute approximate surface area is 119 Å². The number of ether oxygens (including phenoxy) is 1. The molecule has 20 heavy (non-hydrogen) atoms. The quantitative estimate of drug-likeness (QED) is 0.786. The van der Waals surface area contributed by atoms with Gasteiger partial charge in [-0.2, -0.15) is 0 Å². The third-order valence-corrected chi connectivity index (χ3v) is 2.44. The molecule has 0 unspecified atom stereocenters. The second-order valence-corrected chi connectivity index (χ2v) is 4.95. The highest BCUT2D eigenvalue weighted by molar-refractivity contribution is 5.95. The van der Waals surface area contributed by atoms with Crippen molar-refractivity contribution >= 4 is 5.91 Å². The first kappa shape index (κ1) is 16.2. The standard InChI is InChI=1S/C15H20N2O3/c1-15(2,11-20-3)17-14(19)13-12(7-4-5-10-18)8-6-9-16-13/h6,8-9,18H,5,10-11H2,1-3H3,(H,17,19). The summed E-state index contributed by atoms with van der Waals surface area (Å²) in [6, 6.07) is 3.45. The predicted molar refractivity (Wildman–Crippen MR) is 76.2 cm³/mol. The summed E-state index contributed by atoms with van der Waals surface area (Å²) in [5.41, 5.74) is 0.341. The summed E-state index contributed by atoms with van der Waals surface area (Å²) >= 11 is 0. The maximum atomic E-state index is 12.2. The summed E-state index contributed by atoms with van der Waals surface area (Å²) in [7, 11) is 1.58. The van der Waals surface area contributed by atoms with Crippen LogP contribution in [0.4, 0.5) is 0 Å². The molecule has 0 aliphatic carbocycles. The maximum Gasteiger partial charge on any atom is 0.271 e. The molecule has 1 aromatic heterocycles. The molecule has 0 saturated carbocycles. The molecule has 0 atom stereocenters. The van der Waals surface area contributed by atoms with E-state index in [9.17, 15) is 4.79 Å². The van der Waals surface area contributed by atoms with Crippen molar-refractivity contribution in [3.05, 3.63) is 29.6 Å². The van der Waals surface area contributed by atoms with Gasteiger partial charge in [0.15, 0.2) is 0 Å². The number of nitrogens with one attached hydrogen (secondary N) is 1. The van der Waals surface area contributed by atoms with E-state index in [4.69, 9.17) is 9.84 Å². The second kappa shape index (κ2) is 7.63. The number of aliphatic hydroxyl groups is 1. The number of carbonyl (C=O) groups is 1. The van der Waals surface area contributed by atoms with Gasteiger partial charge in [-0.1, -0.05) is 11.8 Å². The van der Waals surface area contributed by atoms with Crippen LogP contribution in [0.5, 0.6) is 0 Å². The van der Waals surface area contributed by atoms with Gasteiger partial charge >= 0.3 is 0 Å². The first-order valence-corrected chi connectivity index (χ1v) is 6.36. The molecule has 1 heterocycles. The summed E-state index contributed by atoms with van der Waals surface area (Å²) in [6.07, 6.45) is 1.92. The summed E-state index contributed by atoms with van der Waals surface area (Å²) in [4.78, 5) is 16.3. The molecule has 5 nitrogen and oxygen atoms in total. The number of aliphatic hydroxyl groups excluding tert-OH is 1. The number of hydrogen-bond acceptors (Lipinski definition) is 4. The van der Waals surface area contributed by atoms with E-state index < -0.39 is 5.54 Å². The van der Waals surface area contributed by atoms with Crippen LogP contribution in [0.1, 0.15) is 36.3 Å². The van der Waals surface area contributed by atoms with Crippen LogP contribution in [-0.4, -0.2) is 41.9 Å². The van der Waals surface area contributed by atoms with Gasteiger partial charge < -0.3 is 15.2 Å². The molecule has 1 amide bonds. The van der Waals surface area contributed by atoms with Gasteiger partial charge in [0.05, 0.1) is 24.3 Å². The number of carbonyl (C=O) groups excluding carboxylic acids is 1. The molecule has 1 rings (SSSR count). The number of hydrogen-bond donors (Lipinski definition) is 2.